The van der Waals surface area contributed by atoms with Gasteiger partial charge in [-0.05, 0) is 0 Å². The molecule has 1 aliphatic heterocycles. The van der Waals surface area contributed by atoms with Crippen LogP contribution in [0.2, 0.25) is 0 Å². The Morgan fingerprint density at radius 3 is 2.75 bits per heavy atom. The van der Waals surface area contributed by atoms with E-state index in [1.165, 1.54) is 7.11 Å². The molecule has 1 N–H and O–H groups in total. The number of amides is 2. The second-order valence-corrected chi connectivity index (χ2v) is 2.04. The summed E-state index contributed by atoms with van der Waals surface area (Å²) in [6.07, 6.45) is 0. The SMILES string of the molecule is COCC1=NC(=O)N=C1C(=O)O. The quantitative estimate of drug-likeness (QED) is 0.631. The maximum atomic E-state index is 10.5. The van der Waals surface area contributed by atoms with E-state index in [0.717, 1.165) is 0 Å². The summed E-state index contributed by atoms with van der Waals surface area (Å²) in [5, 5.41) is 8.51. The van der Waals surface area contributed by atoms with Crippen LogP contribution in [-0.4, -0.2) is 42.2 Å². The van der Waals surface area contributed by atoms with Crippen LogP contribution < -0.4 is 0 Å². The number of carboxylic acid groups (broad SMARTS) is 1. The molecule has 0 aliphatic carbocycles. The lowest BCUT2D eigenvalue weighted by Crippen LogP contribution is -2.24. The smallest absolute Gasteiger partial charge is 0.368 e. The molecule has 0 aromatic carbocycles. The first-order valence-corrected chi connectivity index (χ1v) is 3.08. The number of ether oxygens (including phenoxy) is 1. The van der Waals surface area contributed by atoms with E-state index in [4.69, 9.17) is 5.11 Å². The first kappa shape index (κ1) is 8.54. The summed E-state index contributed by atoms with van der Waals surface area (Å²) in [4.78, 5) is 27.5. The Morgan fingerprint density at radius 1 is 1.58 bits per heavy atom. The van der Waals surface area contributed by atoms with Crippen molar-refractivity contribution in [2.45, 2.75) is 0 Å². The average Bonchev–Trinajstić information content (AvgIpc) is 2.32. The zero-order valence-corrected chi connectivity index (χ0v) is 6.27. The second-order valence-electron chi connectivity index (χ2n) is 2.04. The van der Waals surface area contributed by atoms with E-state index in [2.05, 4.69) is 14.7 Å². The zero-order chi connectivity index (χ0) is 9.14. The van der Waals surface area contributed by atoms with Crippen molar-refractivity contribution in [1.29, 1.82) is 0 Å². The van der Waals surface area contributed by atoms with Crippen LogP contribution in [0.5, 0.6) is 0 Å². The molecule has 6 heteroatoms. The standard InChI is InChI=1S/C6H6N2O4/c1-12-2-3-4(5(9)10)8-6(11)7-3/h2H2,1H3,(H,9,10). The predicted molar refractivity (Wildman–Crippen MR) is 39.8 cm³/mol. The van der Waals surface area contributed by atoms with Crippen LogP contribution in [0, 0.1) is 0 Å². The number of methoxy groups -OCH3 is 1. The molecule has 6 nitrogen and oxygen atoms in total. The lowest BCUT2D eigenvalue weighted by atomic mass is 10.2. The summed E-state index contributed by atoms with van der Waals surface area (Å²) in [5.74, 6) is -1.27. The third-order valence-electron chi connectivity index (χ3n) is 1.20. The Hall–Kier alpha value is -1.56. The van der Waals surface area contributed by atoms with Gasteiger partial charge in [-0.15, -0.1) is 0 Å². The van der Waals surface area contributed by atoms with E-state index in [0.29, 0.717) is 0 Å². The summed E-state index contributed by atoms with van der Waals surface area (Å²) < 4.78 is 4.63. The number of aliphatic carboxylic acids is 1. The summed E-state index contributed by atoms with van der Waals surface area (Å²) in [6, 6.07) is -0.792. The van der Waals surface area contributed by atoms with E-state index < -0.39 is 12.0 Å². The van der Waals surface area contributed by atoms with Crippen molar-refractivity contribution in [3.8, 4) is 0 Å². The number of hydrogen-bond acceptors (Lipinski definition) is 3. The topological polar surface area (TPSA) is 88.3 Å². The Kier molecular flexibility index (Phi) is 2.29. The third-order valence-corrected chi connectivity index (χ3v) is 1.20. The molecule has 0 spiro atoms. The van der Waals surface area contributed by atoms with Gasteiger partial charge in [0.1, 0.15) is 5.71 Å². The molecule has 2 amide bonds. The van der Waals surface area contributed by atoms with Crippen LogP contribution in [0.4, 0.5) is 4.79 Å². The lowest BCUT2D eigenvalue weighted by Gasteiger charge is -1.96. The van der Waals surface area contributed by atoms with E-state index in [-0.39, 0.29) is 18.0 Å². The second kappa shape index (κ2) is 3.22. The normalized spacial score (nSPS) is 15.9. The zero-order valence-electron chi connectivity index (χ0n) is 6.27. The average molecular weight is 170 g/mol. The number of hydrogen-bond donors (Lipinski definition) is 1. The van der Waals surface area contributed by atoms with Crippen molar-refractivity contribution >= 4 is 23.4 Å². The number of carboxylic acids is 1. The molecule has 0 atom stereocenters. The highest BCUT2D eigenvalue weighted by Crippen LogP contribution is 2.00. The number of carbonyl (C=O) groups excluding carboxylic acids is 1. The molecular weight excluding hydrogens is 164 g/mol. The summed E-state index contributed by atoms with van der Waals surface area (Å²) >= 11 is 0. The van der Waals surface area contributed by atoms with Crippen LogP contribution in [0.15, 0.2) is 9.98 Å². The van der Waals surface area contributed by atoms with Gasteiger partial charge in [-0.25, -0.2) is 9.59 Å². The molecule has 1 heterocycles. The minimum absolute atomic E-state index is 0.0170. The van der Waals surface area contributed by atoms with Crippen molar-refractivity contribution in [1.82, 2.24) is 0 Å². The van der Waals surface area contributed by atoms with Crippen LogP contribution >= 0.6 is 0 Å². The van der Waals surface area contributed by atoms with Gasteiger partial charge in [-0.2, -0.15) is 9.98 Å². The molecule has 0 saturated carbocycles. The van der Waals surface area contributed by atoms with Gasteiger partial charge in [0.15, 0.2) is 5.71 Å². The fraction of sp³-hybridized carbons (Fsp3) is 0.333. The molecule has 1 rings (SSSR count). The highest BCUT2D eigenvalue weighted by molar-refractivity contribution is 6.68. The highest BCUT2D eigenvalue weighted by Gasteiger charge is 2.24. The molecule has 0 unspecified atom stereocenters. The first-order chi connectivity index (χ1) is 5.65. The van der Waals surface area contributed by atoms with Gasteiger partial charge in [-0.3, -0.25) is 0 Å². The minimum Gasteiger partial charge on any atom is -0.476 e. The Bertz CT molecular complexity index is 292. The number of urea groups is 1. The van der Waals surface area contributed by atoms with Gasteiger partial charge in [-0.1, -0.05) is 0 Å². The summed E-state index contributed by atoms with van der Waals surface area (Å²) in [7, 11) is 1.38. The molecule has 0 bridgehead atoms. The van der Waals surface area contributed by atoms with Crippen LogP contribution in [0.3, 0.4) is 0 Å². The van der Waals surface area contributed by atoms with Crippen molar-refractivity contribution < 1.29 is 19.4 Å². The van der Waals surface area contributed by atoms with E-state index >= 15 is 0 Å². The van der Waals surface area contributed by atoms with Crippen molar-refractivity contribution in [2.75, 3.05) is 13.7 Å². The number of carbonyl (C=O) groups is 2. The summed E-state index contributed by atoms with van der Waals surface area (Å²) in [6.45, 7) is -0.0170. The Balaban J connectivity index is 2.87. The summed E-state index contributed by atoms with van der Waals surface area (Å²) in [5.41, 5.74) is -0.267. The lowest BCUT2D eigenvalue weighted by molar-refractivity contribution is -0.129. The molecule has 0 radical (unpaired) electrons. The van der Waals surface area contributed by atoms with Gasteiger partial charge in [0, 0.05) is 7.11 Å². The molecule has 0 fully saturated rings. The molecule has 0 aromatic rings. The predicted octanol–water partition coefficient (Wildman–Crippen LogP) is -0.267. The molecular formula is C6H6N2O4. The molecule has 0 aromatic heterocycles. The van der Waals surface area contributed by atoms with Gasteiger partial charge in [0.2, 0.25) is 0 Å². The molecule has 0 saturated heterocycles. The van der Waals surface area contributed by atoms with Gasteiger partial charge < -0.3 is 9.84 Å². The Morgan fingerprint density at radius 2 is 2.25 bits per heavy atom. The molecule has 64 valence electrons. The largest absolute Gasteiger partial charge is 0.476 e. The van der Waals surface area contributed by atoms with Crippen LogP contribution in [0.25, 0.3) is 0 Å². The minimum atomic E-state index is -1.27. The van der Waals surface area contributed by atoms with Gasteiger partial charge in [0.05, 0.1) is 6.61 Å². The number of rotatable bonds is 3. The maximum Gasteiger partial charge on any atom is 0.368 e. The highest BCUT2D eigenvalue weighted by atomic mass is 16.5. The van der Waals surface area contributed by atoms with Crippen molar-refractivity contribution in [3.63, 3.8) is 0 Å². The van der Waals surface area contributed by atoms with E-state index in [1.54, 1.807) is 0 Å². The Labute approximate surface area is 67.6 Å². The first-order valence-electron chi connectivity index (χ1n) is 3.08. The fourth-order valence-corrected chi connectivity index (χ4v) is 0.762. The monoisotopic (exact) mass is 170 g/mol. The van der Waals surface area contributed by atoms with Crippen LogP contribution in [0.1, 0.15) is 0 Å². The number of aliphatic imine (C=N–C) groups is 2. The van der Waals surface area contributed by atoms with Crippen molar-refractivity contribution in [2.24, 2.45) is 9.98 Å². The number of nitrogens with zero attached hydrogens (tertiary/aromatic N) is 2. The van der Waals surface area contributed by atoms with Gasteiger partial charge in [0.25, 0.3) is 0 Å². The molecule has 1 aliphatic rings. The van der Waals surface area contributed by atoms with Crippen LogP contribution in [-0.2, 0) is 9.53 Å². The van der Waals surface area contributed by atoms with Gasteiger partial charge >= 0.3 is 12.0 Å². The third kappa shape index (κ3) is 1.54. The van der Waals surface area contributed by atoms with Crippen molar-refractivity contribution in [3.05, 3.63) is 0 Å². The maximum absolute atomic E-state index is 10.5. The fourth-order valence-electron chi connectivity index (χ4n) is 0.762. The van der Waals surface area contributed by atoms with E-state index in [9.17, 15) is 9.59 Å². The van der Waals surface area contributed by atoms with E-state index in [1.807, 2.05) is 0 Å². The molecule has 12 heavy (non-hydrogen) atoms.